The van der Waals surface area contributed by atoms with Crippen molar-refractivity contribution >= 4 is 27.5 Å². The topological polar surface area (TPSA) is 47.3 Å². The van der Waals surface area contributed by atoms with Crippen molar-refractivity contribution in [3.8, 4) is 5.75 Å². The molecule has 0 aliphatic carbocycles. The van der Waals surface area contributed by atoms with E-state index < -0.39 is 0 Å². The molecule has 1 aromatic carbocycles. The van der Waals surface area contributed by atoms with Crippen LogP contribution in [0.2, 0.25) is 5.15 Å². The first-order valence-corrected chi connectivity index (χ1v) is 6.90. The summed E-state index contributed by atoms with van der Waals surface area (Å²) in [6.45, 7) is 2.14. The van der Waals surface area contributed by atoms with E-state index in [0.29, 0.717) is 17.5 Å². The highest BCUT2D eigenvalue weighted by Gasteiger charge is 2.12. The van der Waals surface area contributed by atoms with Crippen LogP contribution in [-0.2, 0) is 20.3 Å². The molecule has 1 N–H and O–H groups in total. The normalized spacial score (nSPS) is 10.8. The number of halogens is 2. The van der Waals surface area contributed by atoms with Crippen molar-refractivity contribution in [1.29, 1.82) is 0 Å². The molecule has 4 nitrogen and oxygen atoms in total. The molecule has 6 heteroatoms. The SMILES string of the molecule is Cc1nn(C)c(Cl)c1COc1ccc(Br)cc1CO. The van der Waals surface area contributed by atoms with Crippen molar-refractivity contribution in [2.24, 2.45) is 7.05 Å². The van der Waals surface area contributed by atoms with Gasteiger partial charge in [0.15, 0.2) is 0 Å². The number of aromatic nitrogens is 2. The molecule has 0 unspecified atom stereocenters. The molecule has 0 fully saturated rings. The van der Waals surface area contributed by atoms with E-state index >= 15 is 0 Å². The Labute approximate surface area is 125 Å². The summed E-state index contributed by atoms with van der Waals surface area (Å²) >= 11 is 9.50. The van der Waals surface area contributed by atoms with E-state index in [-0.39, 0.29) is 6.61 Å². The van der Waals surface area contributed by atoms with Crippen molar-refractivity contribution in [3.63, 3.8) is 0 Å². The lowest BCUT2D eigenvalue weighted by molar-refractivity contribution is 0.258. The highest BCUT2D eigenvalue weighted by molar-refractivity contribution is 9.10. The van der Waals surface area contributed by atoms with Crippen LogP contribution in [0.4, 0.5) is 0 Å². The van der Waals surface area contributed by atoms with Gasteiger partial charge in [-0.25, -0.2) is 0 Å². The van der Waals surface area contributed by atoms with Gasteiger partial charge in [-0.2, -0.15) is 5.10 Å². The number of rotatable bonds is 4. The molecule has 2 aromatic rings. The van der Waals surface area contributed by atoms with Crippen molar-refractivity contribution in [2.75, 3.05) is 0 Å². The standard InChI is InChI=1S/C13H14BrClN2O2/c1-8-11(13(15)17(2)16-8)7-19-12-4-3-10(14)5-9(12)6-18/h3-5,18H,6-7H2,1-2H3. The fourth-order valence-electron chi connectivity index (χ4n) is 1.80. The third-order valence-electron chi connectivity index (χ3n) is 2.83. The van der Waals surface area contributed by atoms with Crippen LogP contribution in [0.5, 0.6) is 5.75 Å². The Balaban J connectivity index is 2.19. The minimum atomic E-state index is -0.0749. The third-order valence-corrected chi connectivity index (χ3v) is 3.80. The smallest absolute Gasteiger partial charge is 0.133 e. The predicted octanol–water partition coefficient (Wildman–Crippen LogP) is 3.22. The first-order valence-electron chi connectivity index (χ1n) is 5.73. The van der Waals surface area contributed by atoms with Crippen molar-refractivity contribution in [1.82, 2.24) is 9.78 Å². The zero-order valence-electron chi connectivity index (χ0n) is 10.7. The van der Waals surface area contributed by atoms with Crippen molar-refractivity contribution in [3.05, 3.63) is 44.6 Å². The largest absolute Gasteiger partial charge is 0.488 e. The molecule has 0 saturated heterocycles. The summed E-state index contributed by atoms with van der Waals surface area (Å²) in [5.74, 6) is 0.644. The van der Waals surface area contributed by atoms with E-state index in [4.69, 9.17) is 16.3 Å². The second-order valence-electron chi connectivity index (χ2n) is 4.18. The maximum absolute atomic E-state index is 9.31. The Kier molecular flexibility index (Phi) is 4.50. The molecule has 0 aliphatic rings. The average Bonchev–Trinajstić information content (AvgIpc) is 2.62. The molecule has 102 valence electrons. The van der Waals surface area contributed by atoms with Gasteiger partial charge in [0, 0.05) is 22.6 Å². The number of hydrogen-bond acceptors (Lipinski definition) is 3. The van der Waals surface area contributed by atoms with Crippen LogP contribution in [0.3, 0.4) is 0 Å². The van der Waals surface area contributed by atoms with Crippen LogP contribution < -0.4 is 4.74 Å². The van der Waals surface area contributed by atoms with Crippen LogP contribution in [0.15, 0.2) is 22.7 Å². The van der Waals surface area contributed by atoms with Gasteiger partial charge in [0.2, 0.25) is 0 Å². The fraction of sp³-hybridized carbons (Fsp3) is 0.308. The highest BCUT2D eigenvalue weighted by atomic mass is 79.9. The van der Waals surface area contributed by atoms with E-state index in [0.717, 1.165) is 21.3 Å². The van der Waals surface area contributed by atoms with E-state index in [1.165, 1.54) is 0 Å². The Morgan fingerprint density at radius 2 is 2.21 bits per heavy atom. The van der Waals surface area contributed by atoms with Crippen LogP contribution in [-0.4, -0.2) is 14.9 Å². The van der Waals surface area contributed by atoms with Gasteiger partial charge in [0.05, 0.1) is 12.3 Å². The minimum Gasteiger partial charge on any atom is -0.488 e. The summed E-state index contributed by atoms with van der Waals surface area (Å²) in [5, 5.41) is 14.1. The van der Waals surface area contributed by atoms with E-state index in [1.54, 1.807) is 11.7 Å². The maximum atomic E-state index is 9.31. The lowest BCUT2D eigenvalue weighted by atomic mass is 10.2. The van der Waals surface area contributed by atoms with Gasteiger partial charge in [0.25, 0.3) is 0 Å². The maximum Gasteiger partial charge on any atom is 0.133 e. The Hall–Kier alpha value is -1.04. The minimum absolute atomic E-state index is 0.0749. The van der Waals surface area contributed by atoms with Gasteiger partial charge >= 0.3 is 0 Å². The summed E-state index contributed by atoms with van der Waals surface area (Å²) in [7, 11) is 1.79. The molecule has 2 rings (SSSR count). The highest BCUT2D eigenvalue weighted by Crippen LogP contribution is 2.26. The summed E-state index contributed by atoms with van der Waals surface area (Å²) in [6.07, 6.45) is 0. The lowest BCUT2D eigenvalue weighted by Gasteiger charge is -2.10. The van der Waals surface area contributed by atoms with E-state index in [9.17, 15) is 5.11 Å². The Morgan fingerprint density at radius 3 is 2.79 bits per heavy atom. The number of hydrogen-bond donors (Lipinski definition) is 1. The molecule has 19 heavy (non-hydrogen) atoms. The number of aliphatic hydroxyl groups excluding tert-OH is 1. The monoisotopic (exact) mass is 344 g/mol. The average molecular weight is 346 g/mol. The molecule has 1 heterocycles. The molecule has 0 bridgehead atoms. The van der Waals surface area contributed by atoms with E-state index in [1.807, 2.05) is 25.1 Å². The molecule has 0 spiro atoms. The number of benzene rings is 1. The zero-order chi connectivity index (χ0) is 14.0. The number of ether oxygens (including phenoxy) is 1. The summed E-state index contributed by atoms with van der Waals surface area (Å²) in [6, 6.07) is 5.51. The van der Waals surface area contributed by atoms with Gasteiger partial charge in [0.1, 0.15) is 17.5 Å². The molecular weight excluding hydrogens is 332 g/mol. The molecule has 0 saturated carbocycles. The van der Waals surface area contributed by atoms with Crippen LogP contribution in [0.25, 0.3) is 0 Å². The van der Waals surface area contributed by atoms with Crippen LogP contribution >= 0.6 is 27.5 Å². The number of aryl methyl sites for hydroxylation is 2. The van der Waals surface area contributed by atoms with Gasteiger partial charge in [-0.05, 0) is 25.1 Å². The molecular formula is C13H14BrClN2O2. The van der Waals surface area contributed by atoms with Crippen LogP contribution in [0, 0.1) is 6.92 Å². The predicted molar refractivity (Wildman–Crippen MR) is 77.4 cm³/mol. The summed E-state index contributed by atoms with van der Waals surface area (Å²) in [4.78, 5) is 0. The Bertz CT molecular complexity index is 599. The van der Waals surface area contributed by atoms with Gasteiger partial charge in [-0.3, -0.25) is 4.68 Å². The second kappa shape index (κ2) is 5.94. The molecule has 0 amide bonds. The first-order chi connectivity index (χ1) is 9.02. The second-order valence-corrected chi connectivity index (χ2v) is 5.45. The fourth-order valence-corrected chi connectivity index (χ4v) is 2.44. The first kappa shape index (κ1) is 14.4. The quantitative estimate of drug-likeness (QED) is 0.925. The number of nitrogens with zero attached hydrogens (tertiary/aromatic N) is 2. The lowest BCUT2D eigenvalue weighted by Crippen LogP contribution is -2.00. The summed E-state index contributed by atoms with van der Waals surface area (Å²) in [5.41, 5.74) is 2.43. The van der Waals surface area contributed by atoms with Crippen molar-refractivity contribution in [2.45, 2.75) is 20.1 Å². The molecule has 0 radical (unpaired) electrons. The third kappa shape index (κ3) is 3.11. The molecule has 0 atom stereocenters. The van der Waals surface area contributed by atoms with Gasteiger partial charge in [-0.1, -0.05) is 27.5 Å². The number of aliphatic hydroxyl groups is 1. The van der Waals surface area contributed by atoms with Gasteiger partial charge in [-0.15, -0.1) is 0 Å². The Morgan fingerprint density at radius 1 is 1.47 bits per heavy atom. The molecule has 1 aromatic heterocycles. The molecule has 0 aliphatic heterocycles. The van der Waals surface area contributed by atoms with E-state index in [2.05, 4.69) is 21.0 Å². The summed E-state index contributed by atoms with van der Waals surface area (Å²) < 4.78 is 8.24. The zero-order valence-corrected chi connectivity index (χ0v) is 13.0. The van der Waals surface area contributed by atoms with Crippen LogP contribution in [0.1, 0.15) is 16.8 Å². The van der Waals surface area contributed by atoms with Gasteiger partial charge < -0.3 is 9.84 Å². The van der Waals surface area contributed by atoms with Crippen molar-refractivity contribution < 1.29 is 9.84 Å².